The third-order valence-electron chi connectivity index (χ3n) is 8.02. The third-order valence-corrected chi connectivity index (χ3v) is 8.34. The normalized spacial score (nSPS) is 12.0. The molecule has 0 spiro atoms. The lowest BCUT2D eigenvalue weighted by Gasteiger charge is -2.24. The van der Waals surface area contributed by atoms with Crippen molar-refractivity contribution in [2.45, 2.75) is 39.5 Å². The number of hydrogen-bond donors (Lipinski definition) is 0. The highest BCUT2D eigenvalue weighted by Gasteiger charge is 2.26. The van der Waals surface area contributed by atoms with Gasteiger partial charge in [0.25, 0.3) is 0 Å². The van der Waals surface area contributed by atoms with Crippen LogP contribution in [0, 0.1) is 0 Å². The average molecular weight is 555 g/mol. The fourth-order valence-electron chi connectivity index (χ4n) is 6.01. The highest BCUT2D eigenvalue weighted by molar-refractivity contribution is 6.38. The van der Waals surface area contributed by atoms with Crippen molar-refractivity contribution in [1.82, 2.24) is 9.55 Å². The van der Waals surface area contributed by atoms with Gasteiger partial charge in [-0.3, -0.25) is 4.57 Å². The molecule has 0 atom stereocenters. The number of hydrogen-bond acceptors (Lipinski definition) is 2. The van der Waals surface area contributed by atoms with Crippen molar-refractivity contribution < 1.29 is 4.42 Å². The standard InChI is InChI=1S/C37H31ClN2O/c1-22(2)28-20-25(24-12-6-5-7-13-24)21-29(23(3)4)35(28)40-32-16-10-9-15-31(32)39-37(40)27-18-19-30(38)34-26-14-8-11-17-33(26)41-36(27)34/h5-23H,1-4H3. The Bertz CT molecular complexity index is 2040. The van der Waals surface area contributed by atoms with Crippen molar-refractivity contribution in [3.05, 3.63) is 119 Å². The number of halogens is 1. The summed E-state index contributed by atoms with van der Waals surface area (Å²) in [5.41, 5.74) is 10.7. The second-order valence-electron chi connectivity index (χ2n) is 11.3. The smallest absolute Gasteiger partial charge is 0.149 e. The Morgan fingerprint density at radius 3 is 2.10 bits per heavy atom. The molecular formula is C37H31ClN2O. The van der Waals surface area contributed by atoms with E-state index in [0.717, 1.165) is 44.4 Å². The molecule has 0 aliphatic carbocycles. The first-order valence-corrected chi connectivity index (χ1v) is 14.6. The number of aromatic nitrogens is 2. The molecule has 2 aromatic heterocycles. The zero-order chi connectivity index (χ0) is 28.2. The quantitative estimate of drug-likeness (QED) is 0.212. The molecule has 0 saturated carbocycles. The molecule has 3 nitrogen and oxygen atoms in total. The zero-order valence-electron chi connectivity index (χ0n) is 23.7. The van der Waals surface area contributed by atoms with Crippen molar-refractivity contribution >= 4 is 44.6 Å². The van der Waals surface area contributed by atoms with E-state index in [-0.39, 0.29) is 11.8 Å². The molecule has 0 aliphatic heterocycles. The van der Waals surface area contributed by atoms with E-state index in [9.17, 15) is 0 Å². The molecule has 7 rings (SSSR count). The summed E-state index contributed by atoms with van der Waals surface area (Å²) < 4.78 is 8.85. The highest BCUT2D eigenvalue weighted by Crippen LogP contribution is 2.44. The molecule has 2 heterocycles. The molecule has 0 saturated heterocycles. The summed E-state index contributed by atoms with van der Waals surface area (Å²) >= 11 is 6.79. The van der Waals surface area contributed by atoms with Crippen molar-refractivity contribution in [2.75, 3.05) is 0 Å². The summed E-state index contributed by atoms with van der Waals surface area (Å²) in [7, 11) is 0. The molecular weight excluding hydrogens is 524 g/mol. The summed E-state index contributed by atoms with van der Waals surface area (Å²) in [5.74, 6) is 1.43. The van der Waals surface area contributed by atoms with Crippen LogP contribution in [0.25, 0.3) is 61.2 Å². The summed E-state index contributed by atoms with van der Waals surface area (Å²) in [5, 5.41) is 2.61. The topological polar surface area (TPSA) is 31.0 Å². The van der Waals surface area contributed by atoms with Gasteiger partial charge in [-0.25, -0.2) is 4.98 Å². The molecule has 0 unspecified atom stereocenters. The van der Waals surface area contributed by atoms with E-state index < -0.39 is 0 Å². The van der Waals surface area contributed by atoms with Gasteiger partial charge in [0.05, 0.1) is 27.3 Å². The van der Waals surface area contributed by atoms with Gasteiger partial charge in [0, 0.05) is 10.8 Å². The van der Waals surface area contributed by atoms with Crippen LogP contribution in [-0.2, 0) is 0 Å². The maximum absolute atomic E-state index is 6.79. The van der Waals surface area contributed by atoms with Crippen LogP contribution in [0.3, 0.4) is 0 Å². The van der Waals surface area contributed by atoms with Gasteiger partial charge in [0.1, 0.15) is 17.0 Å². The first-order valence-electron chi connectivity index (χ1n) is 14.2. The van der Waals surface area contributed by atoms with E-state index in [1.807, 2.05) is 36.4 Å². The Balaban J connectivity index is 1.61. The van der Waals surface area contributed by atoms with Gasteiger partial charge in [-0.2, -0.15) is 0 Å². The zero-order valence-corrected chi connectivity index (χ0v) is 24.4. The van der Waals surface area contributed by atoms with Crippen molar-refractivity contribution in [1.29, 1.82) is 0 Å². The van der Waals surface area contributed by atoms with Gasteiger partial charge in [-0.05, 0) is 76.6 Å². The van der Waals surface area contributed by atoms with Gasteiger partial charge < -0.3 is 4.42 Å². The Kier molecular flexibility index (Phi) is 6.21. The van der Waals surface area contributed by atoms with E-state index in [2.05, 4.69) is 99.0 Å². The number of imidazole rings is 1. The molecule has 0 amide bonds. The predicted octanol–water partition coefficient (Wildman–Crippen LogP) is 11.2. The van der Waals surface area contributed by atoms with Crippen molar-refractivity contribution in [3.63, 3.8) is 0 Å². The first-order chi connectivity index (χ1) is 19.9. The van der Waals surface area contributed by atoms with Gasteiger partial charge in [-0.1, -0.05) is 100.0 Å². The first kappa shape index (κ1) is 25.6. The summed E-state index contributed by atoms with van der Waals surface area (Å²) in [6, 6.07) is 35.9. The molecule has 7 aromatic rings. The maximum Gasteiger partial charge on any atom is 0.149 e. The Labute approximate surface area is 245 Å². The Morgan fingerprint density at radius 1 is 0.707 bits per heavy atom. The number of furan rings is 1. The van der Waals surface area contributed by atoms with E-state index in [4.69, 9.17) is 21.0 Å². The maximum atomic E-state index is 6.79. The number of para-hydroxylation sites is 3. The largest absolute Gasteiger partial charge is 0.455 e. The van der Waals surface area contributed by atoms with Gasteiger partial charge in [-0.15, -0.1) is 0 Å². The van der Waals surface area contributed by atoms with Gasteiger partial charge in [0.2, 0.25) is 0 Å². The molecule has 0 bridgehead atoms. The second kappa shape index (κ2) is 9.94. The highest BCUT2D eigenvalue weighted by atomic mass is 35.5. The SMILES string of the molecule is CC(C)c1cc(-c2ccccc2)cc(C(C)C)c1-n1c(-c2ccc(Cl)c3c2oc2ccccc23)nc2ccccc21. The molecule has 0 aliphatic rings. The van der Waals surface area contributed by atoms with Crippen LogP contribution >= 0.6 is 11.6 Å². The lowest BCUT2D eigenvalue weighted by atomic mass is 9.88. The Morgan fingerprint density at radius 2 is 1.37 bits per heavy atom. The second-order valence-corrected chi connectivity index (χ2v) is 11.7. The molecule has 202 valence electrons. The fraction of sp³-hybridized carbons (Fsp3) is 0.162. The van der Waals surface area contributed by atoms with Crippen LogP contribution in [0.15, 0.2) is 108 Å². The lowest BCUT2D eigenvalue weighted by Crippen LogP contribution is -2.09. The number of nitrogens with zero attached hydrogens (tertiary/aromatic N) is 2. The summed E-state index contributed by atoms with van der Waals surface area (Å²) in [4.78, 5) is 5.25. The van der Waals surface area contributed by atoms with Crippen LogP contribution in [0.5, 0.6) is 0 Å². The molecule has 0 N–H and O–H groups in total. The van der Waals surface area contributed by atoms with Crippen LogP contribution < -0.4 is 0 Å². The third kappa shape index (κ3) is 4.15. The van der Waals surface area contributed by atoms with E-state index >= 15 is 0 Å². The van der Waals surface area contributed by atoms with Crippen molar-refractivity contribution in [3.8, 4) is 28.2 Å². The van der Waals surface area contributed by atoms with Crippen LogP contribution in [-0.4, -0.2) is 9.55 Å². The number of benzene rings is 5. The number of rotatable bonds is 5. The van der Waals surface area contributed by atoms with E-state index in [0.29, 0.717) is 5.02 Å². The minimum absolute atomic E-state index is 0.289. The molecule has 0 fully saturated rings. The van der Waals surface area contributed by atoms with Gasteiger partial charge in [0.15, 0.2) is 0 Å². The molecule has 0 radical (unpaired) electrons. The lowest BCUT2D eigenvalue weighted by molar-refractivity contribution is 0.669. The van der Waals surface area contributed by atoms with Crippen LogP contribution in [0.4, 0.5) is 0 Å². The predicted molar refractivity (Wildman–Crippen MR) is 172 cm³/mol. The molecule has 4 heteroatoms. The minimum atomic E-state index is 0.289. The summed E-state index contributed by atoms with van der Waals surface area (Å²) in [6.07, 6.45) is 0. The summed E-state index contributed by atoms with van der Waals surface area (Å²) in [6.45, 7) is 9.10. The van der Waals surface area contributed by atoms with E-state index in [1.54, 1.807) is 0 Å². The Hall–Kier alpha value is -4.34. The fourth-order valence-corrected chi connectivity index (χ4v) is 6.26. The molecule has 41 heavy (non-hydrogen) atoms. The number of fused-ring (bicyclic) bond motifs is 4. The van der Waals surface area contributed by atoms with Crippen LogP contribution in [0.1, 0.15) is 50.7 Å². The minimum Gasteiger partial charge on any atom is -0.455 e. The average Bonchev–Trinajstić information content (AvgIpc) is 3.56. The van der Waals surface area contributed by atoms with Crippen molar-refractivity contribution in [2.24, 2.45) is 0 Å². The van der Waals surface area contributed by atoms with Gasteiger partial charge >= 0.3 is 0 Å². The molecule has 5 aromatic carbocycles. The van der Waals surface area contributed by atoms with E-state index in [1.165, 1.54) is 27.9 Å². The monoisotopic (exact) mass is 554 g/mol. The van der Waals surface area contributed by atoms with Crippen LogP contribution in [0.2, 0.25) is 5.02 Å².